The average molecular weight is 343 g/mol. The maximum absolute atomic E-state index is 12.0. The van der Waals surface area contributed by atoms with Gasteiger partial charge in [0.15, 0.2) is 0 Å². The van der Waals surface area contributed by atoms with Crippen LogP contribution in [0.1, 0.15) is 0 Å². The molecule has 126 valence electrons. The Bertz CT molecular complexity index is 690. The summed E-state index contributed by atoms with van der Waals surface area (Å²) >= 11 is 1.63. The van der Waals surface area contributed by atoms with E-state index in [1.807, 2.05) is 67.5 Å². The molecular weight excluding hydrogens is 322 g/mol. The van der Waals surface area contributed by atoms with Crippen molar-refractivity contribution in [3.05, 3.63) is 54.6 Å². The Morgan fingerprint density at radius 3 is 2.33 bits per heavy atom. The van der Waals surface area contributed by atoms with Gasteiger partial charge >= 0.3 is 11.8 Å². The maximum atomic E-state index is 12.0. The predicted octanol–water partition coefficient (Wildman–Crippen LogP) is 2.60. The Morgan fingerprint density at radius 1 is 0.958 bits per heavy atom. The van der Waals surface area contributed by atoms with Crippen molar-refractivity contribution in [1.29, 1.82) is 0 Å². The summed E-state index contributed by atoms with van der Waals surface area (Å²) in [5, 5.41) is 5.29. The second-order valence-corrected chi connectivity index (χ2v) is 6.45. The number of amides is 2. The molecule has 0 heterocycles. The first kappa shape index (κ1) is 17.9. The van der Waals surface area contributed by atoms with Gasteiger partial charge in [-0.15, -0.1) is 11.8 Å². The summed E-state index contributed by atoms with van der Waals surface area (Å²) < 4.78 is 0. The van der Waals surface area contributed by atoms with Gasteiger partial charge < -0.3 is 15.5 Å². The Balaban J connectivity index is 1.79. The van der Waals surface area contributed by atoms with E-state index in [0.29, 0.717) is 18.0 Å². The number of hydrogen-bond donors (Lipinski definition) is 2. The molecule has 5 nitrogen and oxygen atoms in total. The third-order valence-corrected chi connectivity index (χ3v) is 4.25. The molecule has 2 N–H and O–H groups in total. The highest BCUT2D eigenvalue weighted by atomic mass is 32.2. The summed E-state index contributed by atoms with van der Waals surface area (Å²) in [5.41, 5.74) is 1.46. The third-order valence-electron chi connectivity index (χ3n) is 3.24. The zero-order chi connectivity index (χ0) is 17.4. The lowest BCUT2D eigenvalue weighted by molar-refractivity contribution is -0.136. The van der Waals surface area contributed by atoms with Crippen LogP contribution in [0, 0.1) is 0 Å². The van der Waals surface area contributed by atoms with Gasteiger partial charge in [-0.25, -0.2) is 0 Å². The van der Waals surface area contributed by atoms with Crippen molar-refractivity contribution < 1.29 is 9.59 Å². The molecule has 0 saturated carbocycles. The minimum Gasteiger partial charge on any atom is -0.376 e. The van der Waals surface area contributed by atoms with Gasteiger partial charge in [-0.05, 0) is 24.3 Å². The first-order chi connectivity index (χ1) is 11.6. The van der Waals surface area contributed by atoms with Crippen LogP contribution in [0.3, 0.4) is 0 Å². The minimum atomic E-state index is -0.658. The molecule has 0 bridgehead atoms. The van der Waals surface area contributed by atoms with E-state index < -0.39 is 11.8 Å². The van der Waals surface area contributed by atoms with E-state index in [1.165, 1.54) is 0 Å². The lowest BCUT2D eigenvalue weighted by Crippen LogP contribution is -2.36. The Hall–Kier alpha value is -2.47. The second kappa shape index (κ2) is 8.98. The third kappa shape index (κ3) is 5.31. The molecule has 0 radical (unpaired) electrons. The van der Waals surface area contributed by atoms with Gasteiger partial charge in [0, 0.05) is 31.3 Å². The highest BCUT2D eigenvalue weighted by molar-refractivity contribution is 7.99. The quantitative estimate of drug-likeness (QED) is 0.481. The normalized spacial score (nSPS) is 10.1. The first-order valence-corrected chi connectivity index (χ1v) is 8.60. The zero-order valence-corrected chi connectivity index (χ0v) is 14.6. The predicted molar refractivity (Wildman–Crippen MR) is 99.6 cm³/mol. The highest BCUT2D eigenvalue weighted by Crippen LogP contribution is 2.23. The fourth-order valence-electron chi connectivity index (χ4n) is 2.08. The number of anilines is 2. The zero-order valence-electron chi connectivity index (χ0n) is 13.8. The van der Waals surface area contributed by atoms with Crippen molar-refractivity contribution >= 4 is 35.0 Å². The van der Waals surface area contributed by atoms with Crippen molar-refractivity contribution in [1.82, 2.24) is 5.32 Å². The second-order valence-electron chi connectivity index (χ2n) is 5.28. The Labute approximate surface area is 146 Å². The summed E-state index contributed by atoms with van der Waals surface area (Å²) in [4.78, 5) is 26.9. The van der Waals surface area contributed by atoms with Crippen LogP contribution in [-0.4, -0.2) is 38.2 Å². The lowest BCUT2D eigenvalue weighted by Gasteiger charge is -2.17. The van der Waals surface area contributed by atoms with Crippen molar-refractivity contribution in [2.75, 3.05) is 36.6 Å². The van der Waals surface area contributed by atoms with E-state index in [4.69, 9.17) is 0 Å². The van der Waals surface area contributed by atoms with E-state index in [9.17, 15) is 9.59 Å². The number of carbonyl (C=O) groups excluding carboxylic acids is 2. The number of carbonyl (C=O) groups is 2. The van der Waals surface area contributed by atoms with Crippen LogP contribution in [0.5, 0.6) is 0 Å². The first-order valence-electron chi connectivity index (χ1n) is 7.61. The molecule has 0 saturated heterocycles. The summed E-state index contributed by atoms with van der Waals surface area (Å²) in [7, 11) is 3.76. The van der Waals surface area contributed by atoms with Gasteiger partial charge in [-0.3, -0.25) is 9.59 Å². The number of benzene rings is 2. The summed E-state index contributed by atoms with van der Waals surface area (Å²) in [6, 6.07) is 17.3. The van der Waals surface area contributed by atoms with Crippen LogP contribution in [0.25, 0.3) is 0 Å². The minimum absolute atomic E-state index is 0.432. The van der Waals surface area contributed by atoms with Gasteiger partial charge in [0.2, 0.25) is 0 Å². The van der Waals surface area contributed by atoms with E-state index in [1.54, 1.807) is 17.8 Å². The van der Waals surface area contributed by atoms with Crippen LogP contribution in [0.2, 0.25) is 0 Å². The molecule has 24 heavy (non-hydrogen) atoms. The average Bonchev–Trinajstić information content (AvgIpc) is 2.59. The van der Waals surface area contributed by atoms with Gasteiger partial charge in [0.25, 0.3) is 0 Å². The van der Waals surface area contributed by atoms with Crippen LogP contribution in [0.4, 0.5) is 11.4 Å². The molecule has 2 rings (SSSR count). The standard InChI is InChI=1S/C18H21N3O2S/c1-21(2)16-11-7-6-10-15(16)20-18(23)17(22)19-12-13-24-14-8-4-3-5-9-14/h3-11H,12-13H2,1-2H3,(H,19,22)(H,20,23). The molecule has 2 amide bonds. The van der Waals surface area contributed by atoms with E-state index >= 15 is 0 Å². The molecule has 0 aliphatic heterocycles. The Kier molecular flexibility index (Phi) is 6.69. The fraction of sp³-hybridized carbons (Fsp3) is 0.222. The van der Waals surface area contributed by atoms with Crippen LogP contribution in [-0.2, 0) is 9.59 Å². The van der Waals surface area contributed by atoms with Gasteiger partial charge in [-0.1, -0.05) is 30.3 Å². The van der Waals surface area contributed by atoms with E-state index in [2.05, 4.69) is 10.6 Å². The smallest absolute Gasteiger partial charge is 0.313 e. The molecule has 2 aromatic rings. The summed E-state index contributed by atoms with van der Waals surface area (Å²) in [5.74, 6) is -0.580. The van der Waals surface area contributed by atoms with Crippen molar-refractivity contribution in [3.8, 4) is 0 Å². The SMILES string of the molecule is CN(C)c1ccccc1NC(=O)C(=O)NCCSc1ccccc1. The lowest BCUT2D eigenvalue weighted by atomic mass is 10.2. The van der Waals surface area contributed by atoms with Crippen molar-refractivity contribution in [2.45, 2.75) is 4.90 Å². The molecule has 0 aliphatic carbocycles. The molecule has 0 spiro atoms. The summed E-state index contributed by atoms with van der Waals surface area (Å²) in [6.07, 6.45) is 0. The number of rotatable bonds is 6. The van der Waals surface area contributed by atoms with E-state index in [-0.39, 0.29) is 0 Å². The molecule has 0 unspecified atom stereocenters. The summed E-state index contributed by atoms with van der Waals surface area (Å²) in [6.45, 7) is 0.432. The molecule has 0 aromatic heterocycles. The Morgan fingerprint density at radius 2 is 1.62 bits per heavy atom. The molecular formula is C18H21N3O2S. The van der Waals surface area contributed by atoms with Crippen molar-refractivity contribution in [3.63, 3.8) is 0 Å². The number of hydrogen-bond acceptors (Lipinski definition) is 4. The molecule has 2 aromatic carbocycles. The van der Waals surface area contributed by atoms with Crippen LogP contribution >= 0.6 is 11.8 Å². The number of thioether (sulfide) groups is 1. The maximum Gasteiger partial charge on any atom is 0.313 e. The van der Waals surface area contributed by atoms with E-state index in [0.717, 1.165) is 10.6 Å². The largest absolute Gasteiger partial charge is 0.376 e. The van der Waals surface area contributed by atoms with Crippen LogP contribution < -0.4 is 15.5 Å². The van der Waals surface area contributed by atoms with Crippen molar-refractivity contribution in [2.24, 2.45) is 0 Å². The van der Waals surface area contributed by atoms with Crippen LogP contribution in [0.15, 0.2) is 59.5 Å². The molecule has 0 aliphatic rings. The highest BCUT2D eigenvalue weighted by Gasteiger charge is 2.15. The van der Waals surface area contributed by atoms with Gasteiger partial charge in [0.1, 0.15) is 0 Å². The van der Waals surface area contributed by atoms with Gasteiger partial charge in [-0.2, -0.15) is 0 Å². The molecule has 0 atom stereocenters. The molecule has 6 heteroatoms. The molecule has 0 fully saturated rings. The topological polar surface area (TPSA) is 61.4 Å². The number of para-hydroxylation sites is 2. The fourth-order valence-corrected chi connectivity index (χ4v) is 2.87. The van der Waals surface area contributed by atoms with Gasteiger partial charge in [0.05, 0.1) is 11.4 Å². The monoisotopic (exact) mass is 343 g/mol. The number of nitrogens with zero attached hydrogens (tertiary/aromatic N) is 1. The number of nitrogens with one attached hydrogen (secondary N) is 2.